The molecule has 3 rings (SSSR count). The number of phenolic OH excluding ortho intramolecular Hbond substituents is 1. The quantitative estimate of drug-likeness (QED) is 0.890. The zero-order valence-corrected chi connectivity index (χ0v) is 10.3. The Labute approximate surface area is 110 Å². The van der Waals surface area contributed by atoms with Gasteiger partial charge in [-0.1, -0.05) is 18.2 Å². The fourth-order valence-electron chi connectivity index (χ4n) is 2.31. The normalized spacial score (nSPS) is 17.0. The smallest absolute Gasteiger partial charge is 0.127 e. The topological polar surface area (TPSA) is 41.5 Å². The summed E-state index contributed by atoms with van der Waals surface area (Å²) in [6.07, 6.45) is 0. The first kappa shape index (κ1) is 12.0. The minimum Gasteiger partial charge on any atom is -0.508 e. The van der Waals surface area contributed by atoms with Gasteiger partial charge >= 0.3 is 0 Å². The third kappa shape index (κ3) is 2.53. The van der Waals surface area contributed by atoms with Gasteiger partial charge in [-0.15, -0.1) is 0 Å². The zero-order chi connectivity index (χ0) is 13.2. The summed E-state index contributed by atoms with van der Waals surface area (Å²) >= 11 is 0. The van der Waals surface area contributed by atoms with Crippen molar-refractivity contribution in [2.75, 3.05) is 6.61 Å². The molecule has 1 atom stereocenters. The molecule has 1 aliphatic heterocycles. The number of halogens is 1. The van der Waals surface area contributed by atoms with Crippen LogP contribution in [-0.4, -0.2) is 11.7 Å². The number of aromatic hydroxyl groups is 1. The second-order valence-corrected chi connectivity index (χ2v) is 4.60. The SMILES string of the molecule is Oc1cc(F)cc(CNC2COc3ccccc32)c1. The van der Waals surface area contributed by atoms with Gasteiger partial charge in [0.25, 0.3) is 0 Å². The van der Waals surface area contributed by atoms with Crippen molar-refractivity contribution < 1.29 is 14.2 Å². The number of para-hydroxylation sites is 1. The van der Waals surface area contributed by atoms with Gasteiger partial charge in [-0.2, -0.15) is 0 Å². The number of nitrogens with one attached hydrogen (secondary N) is 1. The lowest BCUT2D eigenvalue weighted by Crippen LogP contribution is -2.22. The van der Waals surface area contributed by atoms with E-state index in [4.69, 9.17) is 4.74 Å². The van der Waals surface area contributed by atoms with Crippen molar-refractivity contribution in [3.8, 4) is 11.5 Å². The molecule has 0 aromatic heterocycles. The number of benzene rings is 2. The second kappa shape index (κ2) is 4.90. The van der Waals surface area contributed by atoms with Crippen LogP contribution in [0.4, 0.5) is 4.39 Å². The summed E-state index contributed by atoms with van der Waals surface area (Å²) in [5.41, 5.74) is 1.82. The summed E-state index contributed by atoms with van der Waals surface area (Å²) in [4.78, 5) is 0. The van der Waals surface area contributed by atoms with Gasteiger partial charge in [0, 0.05) is 18.2 Å². The number of phenols is 1. The van der Waals surface area contributed by atoms with Crippen molar-refractivity contribution in [1.82, 2.24) is 5.32 Å². The fourth-order valence-corrected chi connectivity index (χ4v) is 2.31. The molecule has 1 heterocycles. The molecule has 2 aromatic rings. The molecule has 1 unspecified atom stereocenters. The van der Waals surface area contributed by atoms with E-state index in [1.807, 2.05) is 24.3 Å². The van der Waals surface area contributed by atoms with Gasteiger partial charge in [0.05, 0.1) is 6.04 Å². The van der Waals surface area contributed by atoms with E-state index < -0.39 is 5.82 Å². The van der Waals surface area contributed by atoms with Crippen molar-refractivity contribution >= 4 is 0 Å². The number of hydrogen-bond acceptors (Lipinski definition) is 3. The molecule has 3 nitrogen and oxygen atoms in total. The van der Waals surface area contributed by atoms with Crippen molar-refractivity contribution in [2.24, 2.45) is 0 Å². The summed E-state index contributed by atoms with van der Waals surface area (Å²) in [6.45, 7) is 1.05. The maximum absolute atomic E-state index is 13.2. The average Bonchev–Trinajstić information content (AvgIpc) is 2.78. The number of rotatable bonds is 3. The van der Waals surface area contributed by atoms with Crippen LogP contribution in [0.5, 0.6) is 11.5 Å². The third-order valence-electron chi connectivity index (χ3n) is 3.19. The first-order valence-electron chi connectivity index (χ1n) is 6.16. The van der Waals surface area contributed by atoms with Gasteiger partial charge in [-0.05, 0) is 23.8 Å². The van der Waals surface area contributed by atoms with Crippen LogP contribution >= 0.6 is 0 Å². The van der Waals surface area contributed by atoms with Crippen LogP contribution in [0.25, 0.3) is 0 Å². The Morgan fingerprint density at radius 3 is 2.95 bits per heavy atom. The lowest BCUT2D eigenvalue weighted by Gasteiger charge is -2.12. The highest BCUT2D eigenvalue weighted by Gasteiger charge is 2.22. The standard InChI is InChI=1S/C15H14FNO2/c16-11-5-10(6-12(18)7-11)8-17-14-9-19-15-4-2-1-3-13(14)15/h1-7,14,17-18H,8-9H2. The fraction of sp³-hybridized carbons (Fsp3) is 0.200. The van der Waals surface area contributed by atoms with Crippen LogP contribution in [0.15, 0.2) is 42.5 Å². The third-order valence-corrected chi connectivity index (χ3v) is 3.19. The van der Waals surface area contributed by atoms with E-state index in [9.17, 15) is 9.50 Å². The molecule has 0 amide bonds. The molecule has 1 aliphatic rings. The van der Waals surface area contributed by atoms with Crippen LogP contribution in [0.3, 0.4) is 0 Å². The predicted molar refractivity (Wildman–Crippen MR) is 69.6 cm³/mol. The van der Waals surface area contributed by atoms with Crippen LogP contribution < -0.4 is 10.1 Å². The molecule has 4 heteroatoms. The Morgan fingerprint density at radius 1 is 1.26 bits per heavy atom. The molecule has 0 radical (unpaired) electrons. The first-order chi connectivity index (χ1) is 9.22. The summed E-state index contributed by atoms with van der Waals surface area (Å²) < 4.78 is 18.7. The summed E-state index contributed by atoms with van der Waals surface area (Å²) in [5, 5.41) is 12.7. The van der Waals surface area contributed by atoms with E-state index in [0.717, 1.165) is 17.4 Å². The van der Waals surface area contributed by atoms with E-state index in [1.54, 1.807) is 6.07 Å². The average molecular weight is 259 g/mol. The second-order valence-electron chi connectivity index (χ2n) is 4.60. The predicted octanol–water partition coefficient (Wildman–Crippen LogP) is 2.75. The molecule has 0 aliphatic carbocycles. The first-order valence-corrected chi connectivity index (χ1v) is 6.16. The Bertz CT molecular complexity index is 580. The molecule has 0 saturated carbocycles. The highest BCUT2D eigenvalue weighted by atomic mass is 19.1. The Morgan fingerprint density at radius 2 is 2.11 bits per heavy atom. The molecular formula is C15H14FNO2. The van der Waals surface area contributed by atoms with Crippen molar-refractivity contribution in [2.45, 2.75) is 12.6 Å². The molecule has 0 spiro atoms. The minimum atomic E-state index is -0.431. The van der Waals surface area contributed by atoms with E-state index in [0.29, 0.717) is 18.7 Å². The monoisotopic (exact) mass is 259 g/mol. The van der Waals surface area contributed by atoms with Crippen LogP contribution in [0, 0.1) is 5.82 Å². The van der Waals surface area contributed by atoms with Crippen molar-refractivity contribution in [3.05, 3.63) is 59.4 Å². The van der Waals surface area contributed by atoms with Gasteiger partial charge < -0.3 is 15.2 Å². The zero-order valence-electron chi connectivity index (χ0n) is 10.3. The molecule has 98 valence electrons. The highest BCUT2D eigenvalue weighted by molar-refractivity contribution is 5.39. The van der Waals surface area contributed by atoms with Gasteiger partial charge in [0.15, 0.2) is 0 Å². The van der Waals surface area contributed by atoms with Crippen LogP contribution in [-0.2, 0) is 6.54 Å². The van der Waals surface area contributed by atoms with Gasteiger partial charge in [-0.3, -0.25) is 0 Å². The van der Waals surface area contributed by atoms with Gasteiger partial charge in [-0.25, -0.2) is 4.39 Å². The van der Waals surface area contributed by atoms with Crippen LogP contribution in [0.1, 0.15) is 17.2 Å². The molecule has 2 aromatic carbocycles. The van der Waals surface area contributed by atoms with E-state index in [2.05, 4.69) is 5.32 Å². The van der Waals surface area contributed by atoms with Gasteiger partial charge in [0.1, 0.15) is 23.9 Å². The Hall–Kier alpha value is -2.07. The van der Waals surface area contributed by atoms with E-state index in [-0.39, 0.29) is 11.8 Å². The minimum absolute atomic E-state index is 0.0557. The molecular weight excluding hydrogens is 245 g/mol. The van der Waals surface area contributed by atoms with E-state index in [1.165, 1.54) is 6.07 Å². The molecule has 0 bridgehead atoms. The summed E-state index contributed by atoms with van der Waals surface area (Å²) in [7, 11) is 0. The number of ether oxygens (including phenoxy) is 1. The molecule has 2 N–H and O–H groups in total. The summed E-state index contributed by atoms with van der Waals surface area (Å²) in [5.74, 6) is 0.404. The lowest BCUT2D eigenvalue weighted by molar-refractivity contribution is 0.310. The summed E-state index contributed by atoms with van der Waals surface area (Å²) in [6, 6.07) is 12.0. The maximum Gasteiger partial charge on any atom is 0.127 e. The molecule has 0 fully saturated rings. The van der Waals surface area contributed by atoms with Gasteiger partial charge in [0.2, 0.25) is 0 Å². The Balaban J connectivity index is 1.70. The molecule has 0 saturated heterocycles. The molecule has 19 heavy (non-hydrogen) atoms. The van der Waals surface area contributed by atoms with E-state index >= 15 is 0 Å². The highest BCUT2D eigenvalue weighted by Crippen LogP contribution is 2.31. The maximum atomic E-state index is 13.2. The van der Waals surface area contributed by atoms with Crippen molar-refractivity contribution in [1.29, 1.82) is 0 Å². The lowest BCUT2D eigenvalue weighted by atomic mass is 10.1. The van der Waals surface area contributed by atoms with Crippen LogP contribution in [0.2, 0.25) is 0 Å². The largest absolute Gasteiger partial charge is 0.508 e. The van der Waals surface area contributed by atoms with Crippen molar-refractivity contribution in [3.63, 3.8) is 0 Å². The number of fused-ring (bicyclic) bond motifs is 1. The Kier molecular flexibility index (Phi) is 3.09. The number of hydrogen-bond donors (Lipinski definition) is 2.